The van der Waals surface area contributed by atoms with Crippen molar-refractivity contribution in [3.63, 3.8) is 0 Å². The van der Waals surface area contributed by atoms with Gasteiger partial charge >= 0.3 is 0 Å². The lowest BCUT2D eigenvalue weighted by Crippen LogP contribution is -2.14. The Morgan fingerprint density at radius 2 is 0.824 bits per heavy atom. The Labute approximate surface area is 299 Å². The zero-order valence-corrected chi connectivity index (χ0v) is 28.8. The summed E-state index contributed by atoms with van der Waals surface area (Å²) in [6, 6.07) is 67.5. The third-order valence-electron chi connectivity index (χ3n) is 11.3. The van der Waals surface area contributed by atoms with Gasteiger partial charge in [0.1, 0.15) is 0 Å². The van der Waals surface area contributed by atoms with Gasteiger partial charge in [0.05, 0.1) is 0 Å². The Morgan fingerprint density at radius 3 is 1.63 bits per heavy atom. The fraction of sp³-hybridized carbons (Fsp3) is 0.0588. The molecule has 240 valence electrons. The van der Waals surface area contributed by atoms with Crippen molar-refractivity contribution in [3.05, 3.63) is 193 Å². The molecule has 0 amide bonds. The first kappa shape index (κ1) is 29.7. The Kier molecular flexibility index (Phi) is 6.63. The van der Waals surface area contributed by atoms with Crippen LogP contribution in [0.2, 0.25) is 0 Å². The van der Waals surface area contributed by atoms with Gasteiger partial charge in [-0.15, -0.1) is 0 Å². The van der Waals surface area contributed by atoms with Crippen LogP contribution in [-0.4, -0.2) is 0 Å². The third-order valence-corrected chi connectivity index (χ3v) is 11.3. The molecule has 0 saturated carbocycles. The average molecular weight is 649 g/mol. The molecule has 0 fully saturated rings. The minimum atomic E-state index is -0.0739. The average Bonchev–Trinajstić information content (AvgIpc) is 3.42. The predicted octanol–water partition coefficient (Wildman–Crippen LogP) is 14.1. The zero-order chi connectivity index (χ0) is 34.1. The van der Waals surface area contributed by atoms with E-state index in [9.17, 15) is 0 Å². The van der Waals surface area contributed by atoms with Crippen molar-refractivity contribution in [2.24, 2.45) is 0 Å². The molecule has 0 unspecified atom stereocenters. The minimum absolute atomic E-state index is 0.0739. The van der Waals surface area contributed by atoms with E-state index < -0.39 is 0 Å². The maximum absolute atomic E-state index is 2.48. The van der Waals surface area contributed by atoms with Crippen LogP contribution in [0.1, 0.15) is 25.0 Å². The topological polar surface area (TPSA) is 0 Å². The standard InChI is InChI=1S/C51H36/c1-51(2)47-19-11-10-16-41(47)42-28-27-40(32-48(42)51)50-44-18-9-8-17-43(44)49(45-29-26-39(31-46(45)50)33-12-4-3-5-13-33)36-23-20-35(21-24-36)38-25-22-34-14-6-7-15-37(34)30-38/h3-32H,1-2H3. The molecule has 0 atom stereocenters. The van der Waals surface area contributed by atoms with E-state index in [4.69, 9.17) is 0 Å². The van der Waals surface area contributed by atoms with Gasteiger partial charge in [-0.1, -0.05) is 178 Å². The van der Waals surface area contributed by atoms with E-state index in [1.165, 1.54) is 99.1 Å². The Hall–Kier alpha value is -6.24. The van der Waals surface area contributed by atoms with Gasteiger partial charge in [-0.05, 0) is 117 Å². The number of hydrogen-bond acceptors (Lipinski definition) is 0. The number of fused-ring (bicyclic) bond motifs is 6. The molecule has 0 heteroatoms. The maximum Gasteiger partial charge on any atom is 0.0159 e. The van der Waals surface area contributed by atoms with Crippen LogP contribution in [0.15, 0.2) is 182 Å². The summed E-state index contributed by atoms with van der Waals surface area (Å²) in [5.74, 6) is 0. The van der Waals surface area contributed by atoms with Crippen LogP contribution in [0.3, 0.4) is 0 Å². The SMILES string of the molecule is CC1(C)c2ccccc2-c2ccc(-c3c4ccccc4c(-c4ccc(-c5ccc6ccccc6c5)cc4)c4ccc(-c5ccccc5)cc34)cc21. The molecule has 9 aromatic carbocycles. The Balaban J connectivity index is 1.21. The predicted molar refractivity (Wildman–Crippen MR) is 218 cm³/mol. The van der Waals surface area contributed by atoms with Gasteiger partial charge in [-0.25, -0.2) is 0 Å². The summed E-state index contributed by atoms with van der Waals surface area (Å²) in [5.41, 5.74) is 15.4. The van der Waals surface area contributed by atoms with Gasteiger partial charge < -0.3 is 0 Å². The molecule has 0 nitrogen and oxygen atoms in total. The van der Waals surface area contributed by atoms with Crippen LogP contribution in [0.25, 0.3) is 88.0 Å². The van der Waals surface area contributed by atoms with Crippen LogP contribution in [0, 0.1) is 0 Å². The number of benzene rings is 9. The van der Waals surface area contributed by atoms with Crippen LogP contribution >= 0.6 is 0 Å². The fourth-order valence-corrected chi connectivity index (χ4v) is 8.67. The fourth-order valence-electron chi connectivity index (χ4n) is 8.67. The lowest BCUT2D eigenvalue weighted by atomic mass is 9.80. The van der Waals surface area contributed by atoms with E-state index in [2.05, 4.69) is 196 Å². The summed E-state index contributed by atoms with van der Waals surface area (Å²) in [5, 5.41) is 7.62. The van der Waals surface area contributed by atoms with E-state index in [1.54, 1.807) is 0 Å². The summed E-state index contributed by atoms with van der Waals surface area (Å²) < 4.78 is 0. The quantitative estimate of drug-likeness (QED) is 0.167. The molecule has 0 N–H and O–H groups in total. The molecule has 0 aromatic heterocycles. The van der Waals surface area contributed by atoms with Crippen molar-refractivity contribution in [1.82, 2.24) is 0 Å². The van der Waals surface area contributed by atoms with Crippen molar-refractivity contribution in [2.75, 3.05) is 0 Å². The second-order valence-electron chi connectivity index (χ2n) is 14.5. The zero-order valence-electron chi connectivity index (χ0n) is 28.8. The van der Waals surface area contributed by atoms with Crippen LogP contribution < -0.4 is 0 Å². The van der Waals surface area contributed by atoms with Gasteiger partial charge in [0, 0.05) is 5.41 Å². The first-order valence-electron chi connectivity index (χ1n) is 17.9. The summed E-state index contributed by atoms with van der Waals surface area (Å²) in [4.78, 5) is 0. The lowest BCUT2D eigenvalue weighted by molar-refractivity contribution is 0.660. The molecule has 1 aliphatic rings. The van der Waals surface area contributed by atoms with Gasteiger partial charge in [0.2, 0.25) is 0 Å². The second kappa shape index (κ2) is 11.4. The molecular formula is C51H36. The van der Waals surface area contributed by atoms with E-state index in [0.717, 1.165) is 0 Å². The van der Waals surface area contributed by atoms with Crippen molar-refractivity contribution >= 4 is 32.3 Å². The molecule has 0 radical (unpaired) electrons. The summed E-state index contributed by atoms with van der Waals surface area (Å²) in [7, 11) is 0. The molecule has 0 spiro atoms. The van der Waals surface area contributed by atoms with Crippen LogP contribution in [0.5, 0.6) is 0 Å². The largest absolute Gasteiger partial charge is 0.0622 e. The van der Waals surface area contributed by atoms with Gasteiger partial charge in [0.25, 0.3) is 0 Å². The summed E-state index contributed by atoms with van der Waals surface area (Å²) >= 11 is 0. The van der Waals surface area contributed by atoms with Gasteiger partial charge in [0.15, 0.2) is 0 Å². The van der Waals surface area contributed by atoms with E-state index in [1.807, 2.05) is 0 Å². The molecule has 0 saturated heterocycles. The van der Waals surface area contributed by atoms with Crippen LogP contribution in [-0.2, 0) is 5.41 Å². The molecule has 9 aromatic rings. The molecule has 51 heavy (non-hydrogen) atoms. The molecule has 0 bridgehead atoms. The molecular weight excluding hydrogens is 613 g/mol. The van der Waals surface area contributed by atoms with Crippen molar-refractivity contribution < 1.29 is 0 Å². The lowest BCUT2D eigenvalue weighted by Gasteiger charge is -2.23. The minimum Gasteiger partial charge on any atom is -0.0622 e. The highest BCUT2D eigenvalue weighted by Crippen LogP contribution is 2.51. The number of hydrogen-bond donors (Lipinski definition) is 0. The van der Waals surface area contributed by atoms with Crippen molar-refractivity contribution in [2.45, 2.75) is 19.3 Å². The van der Waals surface area contributed by atoms with Crippen molar-refractivity contribution in [1.29, 1.82) is 0 Å². The highest BCUT2D eigenvalue weighted by atomic mass is 14.4. The highest BCUT2D eigenvalue weighted by Gasteiger charge is 2.35. The van der Waals surface area contributed by atoms with Crippen LogP contribution in [0.4, 0.5) is 0 Å². The van der Waals surface area contributed by atoms with Gasteiger partial charge in [-0.3, -0.25) is 0 Å². The summed E-state index contributed by atoms with van der Waals surface area (Å²) in [6.45, 7) is 4.74. The maximum atomic E-state index is 2.48. The van der Waals surface area contributed by atoms with Crippen molar-refractivity contribution in [3.8, 4) is 55.6 Å². The molecule has 0 heterocycles. The highest BCUT2D eigenvalue weighted by molar-refractivity contribution is 6.22. The van der Waals surface area contributed by atoms with E-state index in [0.29, 0.717) is 0 Å². The second-order valence-corrected chi connectivity index (χ2v) is 14.5. The Morgan fingerprint density at radius 1 is 0.294 bits per heavy atom. The smallest absolute Gasteiger partial charge is 0.0159 e. The normalized spacial score (nSPS) is 13.1. The van der Waals surface area contributed by atoms with E-state index in [-0.39, 0.29) is 5.41 Å². The first-order valence-corrected chi connectivity index (χ1v) is 17.9. The molecule has 1 aliphatic carbocycles. The monoisotopic (exact) mass is 648 g/mol. The first-order chi connectivity index (χ1) is 25.0. The molecule has 0 aliphatic heterocycles. The van der Waals surface area contributed by atoms with E-state index >= 15 is 0 Å². The van der Waals surface area contributed by atoms with Gasteiger partial charge in [-0.2, -0.15) is 0 Å². The molecule has 10 rings (SSSR count). The number of rotatable bonds is 4. The third kappa shape index (κ3) is 4.68. The Bertz CT molecular complexity index is 2800. The summed E-state index contributed by atoms with van der Waals surface area (Å²) in [6.07, 6.45) is 0.